The predicted octanol–water partition coefficient (Wildman–Crippen LogP) is 3.37. The van der Waals surface area contributed by atoms with E-state index < -0.39 is 6.03 Å². The van der Waals surface area contributed by atoms with Gasteiger partial charge in [0, 0.05) is 25.7 Å². The number of likely N-dealkylation sites (tertiary alicyclic amines) is 1. The number of halogens is 1. The maximum atomic E-state index is 13.4. The number of rotatable bonds is 5. The molecular formula is C24H26FN5O2. The molecule has 2 aliphatic heterocycles. The minimum Gasteiger partial charge on any atom is -0.299 e. The van der Waals surface area contributed by atoms with Gasteiger partial charge in [-0.3, -0.25) is 19.9 Å². The summed E-state index contributed by atoms with van der Waals surface area (Å²) in [5.41, 5.74) is 3.83. The lowest BCUT2D eigenvalue weighted by Gasteiger charge is -2.32. The highest BCUT2D eigenvalue weighted by Crippen LogP contribution is 2.27. The normalized spacial score (nSPS) is 18.3. The van der Waals surface area contributed by atoms with Gasteiger partial charge in [-0.05, 0) is 73.7 Å². The number of aromatic nitrogens is 2. The molecule has 32 heavy (non-hydrogen) atoms. The molecular weight excluding hydrogens is 409 g/mol. The first kappa shape index (κ1) is 20.6. The summed E-state index contributed by atoms with van der Waals surface area (Å²) in [6.45, 7) is 3.16. The molecule has 2 aromatic heterocycles. The van der Waals surface area contributed by atoms with Crippen molar-refractivity contribution in [1.82, 2.24) is 19.8 Å². The molecule has 4 heterocycles. The minimum atomic E-state index is -0.396. The summed E-state index contributed by atoms with van der Waals surface area (Å²) < 4.78 is 15.2. The van der Waals surface area contributed by atoms with Crippen molar-refractivity contribution < 1.29 is 14.0 Å². The molecule has 0 unspecified atom stereocenters. The van der Waals surface area contributed by atoms with E-state index in [1.807, 2.05) is 12.3 Å². The summed E-state index contributed by atoms with van der Waals surface area (Å²) in [4.78, 5) is 27.7. The van der Waals surface area contributed by atoms with Crippen LogP contribution in [0.4, 0.5) is 14.9 Å². The second kappa shape index (κ2) is 8.70. The molecule has 0 aliphatic carbocycles. The number of amides is 3. The highest BCUT2D eigenvalue weighted by Gasteiger charge is 2.27. The molecule has 8 heteroatoms. The van der Waals surface area contributed by atoms with Crippen LogP contribution in [0.3, 0.4) is 0 Å². The number of piperidine rings is 1. The summed E-state index contributed by atoms with van der Waals surface area (Å²) in [7, 11) is 0. The maximum absolute atomic E-state index is 13.4. The summed E-state index contributed by atoms with van der Waals surface area (Å²) in [6, 6.07) is 10.6. The first-order valence-corrected chi connectivity index (χ1v) is 11.1. The van der Waals surface area contributed by atoms with E-state index >= 15 is 0 Å². The Morgan fingerprint density at radius 3 is 2.69 bits per heavy atom. The van der Waals surface area contributed by atoms with Crippen molar-refractivity contribution in [1.29, 1.82) is 0 Å². The van der Waals surface area contributed by atoms with Crippen molar-refractivity contribution in [3.8, 4) is 0 Å². The molecule has 0 saturated carbocycles. The fourth-order valence-corrected chi connectivity index (χ4v) is 4.72. The Balaban J connectivity index is 1.23. The molecule has 1 N–H and O–H groups in total. The zero-order chi connectivity index (χ0) is 22.1. The van der Waals surface area contributed by atoms with Crippen LogP contribution >= 0.6 is 0 Å². The van der Waals surface area contributed by atoms with Gasteiger partial charge in [0.1, 0.15) is 5.82 Å². The van der Waals surface area contributed by atoms with Crippen molar-refractivity contribution in [3.05, 3.63) is 65.7 Å². The van der Waals surface area contributed by atoms with E-state index in [4.69, 9.17) is 0 Å². The number of hydrogen-bond donors (Lipinski definition) is 1. The van der Waals surface area contributed by atoms with Gasteiger partial charge in [-0.15, -0.1) is 0 Å². The molecule has 7 nitrogen and oxygen atoms in total. The van der Waals surface area contributed by atoms with Gasteiger partial charge in [0.2, 0.25) is 5.91 Å². The number of pyridine rings is 1. The van der Waals surface area contributed by atoms with Crippen LogP contribution in [0.15, 0.2) is 48.8 Å². The number of fused-ring (bicyclic) bond motifs is 1. The van der Waals surface area contributed by atoms with E-state index in [-0.39, 0.29) is 18.1 Å². The number of carbonyl (C=O) groups excluding carboxylic acids is 2. The molecule has 2 fully saturated rings. The number of carbonyl (C=O) groups is 2. The Kier molecular flexibility index (Phi) is 5.61. The standard InChI is InChI=1S/C24H26FN5O2/c25-20-3-1-2-19(13-20)16-28-8-4-17(5-9-28)12-18-6-11-30-21(14-18)22(15-26-30)29-10-7-23(31)27-24(29)32/h1-3,6,11,13-15,17H,4-5,7-10,12,16H2,(H,27,31,32). The number of benzene rings is 1. The van der Waals surface area contributed by atoms with Crippen LogP contribution in [0, 0.1) is 11.7 Å². The molecule has 5 rings (SSSR count). The predicted molar refractivity (Wildman–Crippen MR) is 119 cm³/mol. The number of imide groups is 1. The minimum absolute atomic E-state index is 0.180. The Morgan fingerprint density at radius 2 is 1.91 bits per heavy atom. The van der Waals surface area contributed by atoms with Gasteiger partial charge in [-0.25, -0.2) is 13.7 Å². The molecule has 2 saturated heterocycles. The van der Waals surface area contributed by atoms with Crippen LogP contribution in [0.25, 0.3) is 5.52 Å². The summed E-state index contributed by atoms with van der Waals surface area (Å²) >= 11 is 0. The van der Waals surface area contributed by atoms with E-state index in [1.165, 1.54) is 11.6 Å². The molecule has 0 spiro atoms. The van der Waals surface area contributed by atoms with E-state index in [9.17, 15) is 14.0 Å². The van der Waals surface area contributed by atoms with Crippen molar-refractivity contribution in [3.63, 3.8) is 0 Å². The molecule has 3 amide bonds. The third-order valence-corrected chi connectivity index (χ3v) is 6.44. The van der Waals surface area contributed by atoms with Crippen LogP contribution in [0.2, 0.25) is 0 Å². The second-order valence-corrected chi connectivity index (χ2v) is 8.70. The van der Waals surface area contributed by atoms with E-state index in [0.717, 1.165) is 55.7 Å². The van der Waals surface area contributed by atoms with Crippen molar-refractivity contribution in [2.24, 2.45) is 5.92 Å². The fraction of sp³-hybridized carbons (Fsp3) is 0.375. The molecule has 0 bridgehead atoms. The number of nitrogens with zero attached hydrogens (tertiary/aromatic N) is 4. The Morgan fingerprint density at radius 1 is 1.06 bits per heavy atom. The van der Waals surface area contributed by atoms with E-state index in [1.54, 1.807) is 27.7 Å². The van der Waals surface area contributed by atoms with Gasteiger partial charge in [0.25, 0.3) is 0 Å². The number of hydrogen-bond acceptors (Lipinski definition) is 4. The fourth-order valence-electron chi connectivity index (χ4n) is 4.72. The lowest BCUT2D eigenvalue weighted by atomic mass is 9.90. The molecule has 1 aromatic carbocycles. The average Bonchev–Trinajstić information content (AvgIpc) is 3.18. The lowest BCUT2D eigenvalue weighted by Crippen LogP contribution is -2.49. The zero-order valence-corrected chi connectivity index (χ0v) is 17.8. The maximum Gasteiger partial charge on any atom is 0.328 e. The molecule has 166 valence electrons. The lowest BCUT2D eigenvalue weighted by molar-refractivity contribution is -0.120. The smallest absolute Gasteiger partial charge is 0.299 e. The number of anilines is 1. The summed E-state index contributed by atoms with van der Waals surface area (Å²) in [5.74, 6) is 0.163. The Bertz CT molecular complexity index is 1150. The highest BCUT2D eigenvalue weighted by atomic mass is 19.1. The first-order chi connectivity index (χ1) is 15.5. The Hall–Kier alpha value is -3.26. The quantitative estimate of drug-likeness (QED) is 0.667. The van der Waals surface area contributed by atoms with Gasteiger partial charge in [0.15, 0.2) is 0 Å². The monoisotopic (exact) mass is 435 g/mol. The number of nitrogens with one attached hydrogen (secondary N) is 1. The SMILES string of the molecule is O=C1CCN(c2cnn3ccc(CC4CCN(Cc5cccc(F)c5)CC4)cc23)C(=O)N1. The van der Waals surface area contributed by atoms with Crippen molar-refractivity contribution in [2.45, 2.75) is 32.2 Å². The van der Waals surface area contributed by atoms with E-state index in [2.05, 4.69) is 27.4 Å². The van der Waals surface area contributed by atoms with Crippen LogP contribution in [0.1, 0.15) is 30.4 Å². The highest BCUT2D eigenvalue weighted by molar-refractivity contribution is 6.07. The summed E-state index contributed by atoms with van der Waals surface area (Å²) in [5, 5.41) is 6.74. The van der Waals surface area contributed by atoms with E-state index in [0.29, 0.717) is 12.5 Å². The average molecular weight is 436 g/mol. The third kappa shape index (κ3) is 4.36. The first-order valence-electron chi connectivity index (χ1n) is 11.1. The molecule has 0 radical (unpaired) electrons. The van der Waals surface area contributed by atoms with Gasteiger partial charge in [0.05, 0.1) is 17.4 Å². The molecule has 2 aliphatic rings. The van der Waals surface area contributed by atoms with Crippen molar-refractivity contribution in [2.75, 3.05) is 24.5 Å². The van der Waals surface area contributed by atoms with Crippen LogP contribution < -0.4 is 10.2 Å². The zero-order valence-electron chi connectivity index (χ0n) is 17.8. The third-order valence-electron chi connectivity index (χ3n) is 6.44. The number of urea groups is 1. The van der Waals surface area contributed by atoms with Crippen molar-refractivity contribution >= 4 is 23.1 Å². The van der Waals surface area contributed by atoms with Gasteiger partial charge in [-0.1, -0.05) is 12.1 Å². The topological polar surface area (TPSA) is 70.0 Å². The van der Waals surface area contributed by atoms with Crippen LogP contribution in [-0.2, 0) is 17.8 Å². The van der Waals surface area contributed by atoms with Crippen LogP contribution in [-0.4, -0.2) is 46.1 Å². The van der Waals surface area contributed by atoms with Gasteiger partial charge >= 0.3 is 6.03 Å². The molecule has 3 aromatic rings. The Labute approximate surface area is 185 Å². The molecule has 0 atom stereocenters. The second-order valence-electron chi connectivity index (χ2n) is 8.70. The van der Waals surface area contributed by atoms with Gasteiger partial charge < -0.3 is 0 Å². The van der Waals surface area contributed by atoms with Gasteiger partial charge in [-0.2, -0.15) is 5.10 Å². The van der Waals surface area contributed by atoms with Crippen LogP contribution in [0.5, 0.6) is 0 Å². The largest absolute Gasteiger partial charge is 0.328 e. The summed E-state index contributed by atoms with van der Waals surface area (Å²) in [6.07, 6.45) is 7.07.